The van der Waals surface area contributed by atoms with Crippen LogP contribution in [0, 0.1) is 12.2 Å². The SMILES string of the molecule is CC(CC1=[C-]CC=C1)O[Si](C)(C)C.CC(CC1=[C-]CC=C1)O[Si](C)(C)C.C[C](C)=[Zr+2].Cl.Cl. The van der Waals surface area contributed by atoms with Crippen LogP contribution in [0.2, 0.25) is 39.3 Å². The first-order chi connectivity index (χ1) is 13.7. The van der Waals surface area contributed by atoms with E-state index in [0.717, 1.165) is 25.7 Å². The molecule has 0 heterocycles. The van der Waals surface area contributed by atoms with E-state index in [0.29, 0.717) is 12.2 Å². The van der Waals surface area contributed by atoms with Gasteiger partial charge in [0.25, 0.3) is 0 Å². The molecule has 0 aliphatic heterocycles. The van der Waals surface area contributed by atoms with Gasteiger partial charge < -0.3 is 8.85 Å². The second-order valence-corrected chi connectivity index (χ2v) is 21.5. The maximum atomic E-state index is 5.94. The van der Waals surface area contributed by atoms with E-state index in [1.807, 2.05) is 0 Å². The average molecular weight is 597 g/mol. The molecule has 2 aliphatic carbocycles. The molecule has 2 nitrogen and oxygen atoms in total. The summed E-state index contributed by atoms with van der Waals surface area (Å²) in [5.74, 6) is 0. The van der Waals surface area contributed by atoms with Crippen LogP contribution < -0.4 is 0 Å². The fourth-order valence-electron chi connectivity index (χ4n) is 3.09. The number of rotatable bonds is 8. The maximum absolute atomic E-state index is 5.94. The molecule has 0 aromatic heterocycles. The zero-order valence-electron chi connectivity index (χ0n) is 21.9. The topological polar surface area (TPSA) is 18.5 Å². The van der Waals surface area contributed by atoms with Gasteiger partial charge in [0.2, 0.25) is 0 Å². The maximum Gasteiger partial charge on any atom is -0.147 e. The van der Waals surface area contributed by atoms with E-state index in [4.69, 9.17) is 8.85 Å². The monoisotopic (exact) mass is 594 g/mol. The Morgan fingerprint density at radius 2 is 1.09 bits per heavy atom. The number of hydrogen-bond donors (Lipinski definition) is 0. The van der Waals surface area contributed by atoms with Crippen LogP contribution in [0.3, 0.4) is 0 Å². The summed E-state index contributed by atoms with van der Waals surface area (Å²) < 4.78 is 13.4. The Kier molecular flexibility index (Phi) is 22.0. The molecule has 2 rings (SSSR count). The van der Waals surface area contributed by atoms with E-state index in [1.54, 1.807) is 24.2 Å². The van der Waals surface area contributed by atoms with Crippen molar-refractivity contribution in [2.45, 2.75) is 105 Å². The normalized spacial score (nSPS) is 16.2. The minimum atomic E-state index is -1.36. The first-order valence-electron chi connectivity index (χ1n) is 11.1. The molecule has 0 aromatic carbocycles. The largest absolute Gasteiger partial charge is 0.147 e. The van der Waals surface area contributed by atoms with Gasteiger partial charge in [-0.1, -0.05) is 0 Å². The Balaban J connectivity index is -0.000000428. The smallest absolute Gasteiger partial charge is 0.147 e. The van der Waals surface area contributed by atoms with E-state index in [-0.39, 0.29) is 24.8 Å². The minimum Gasteiger partial charge on any atom is -0.147 e. The van der Waals surface area contributed by atoms with Crippen molar-refractivity contribution >= 4 is 44.7 Å². The average Bonchev–Trinajstić information content (AvgIpc) is 3.16. The summed E-state index contributed by atoms with van der Waals surface area (Å²) in [4.78, 5) is 0. The van der Waals surface area contributed by atoms with E-state index in [9.17, 15) is 0 Å². The summed E-state index contributed by atoms with van der Waals surface area (Å²) in [5.41, 5.74) is 2.62. The summed E-state index contributed by atoms with van der Waals surface area (Å²) in [7, 11) is -2.71. The van der Waals surface area contributed by atoms with Crippen molar-refractivity contribution in [3.05, 3.63) is 47.6 Å². The molecular formula is C25H46Cl2O2Si2Zr. The van der Waals surface area contributed by atoms with Gasteiger partial charge in [-0.2, -0.15) is 12.2 Å². The van der Waals surface area contributed by atoms with Crippen molar-refractivity contribution in [1.82, 2.24) is 0 Å². The molecule has 2 unspecified atom stereocenters. The molecule has 7 heteroatoms. The summed E-state index contributed by atoms with van der Waals surface area (Å²) in [5, 5.41) is 0. The number of halogens is 2. The molecule has 0 saturated carbocycles. The Bertz CT molecular complexity index is 591. The third kappa shape index (κ3) is 25.3. The van der Waals surface area contributed by atoms with Crippen LogP contribution in [0.1, 0.15) is 53.4 Å². The fraction of sp³-hybridized carbons (Fsp3) is 0.640. The standard InChI is InChI=1S/2C11H19OSi.C3H6.2ClH.Zr/c2*1-10(12-13(2,3)4)9-11-7-5-6-8-11;1-3-2;;;/h2*5,7,10H,6,9H2,1-4H3;1-2H3;2*1H;/q2*-1;;;;+2. The van der Waals surface area contributed by atoms with Crippen LogP contribution in [-0.2, 0) is 33.1 Å². The molecule has 0 bridgehead atoms. The number of hydrogen-bond acceptors (Lipinski definition) is 2. The van der Waals surface area contributed by atoms with Gasteiger partial charge in [-0.25, -0.2) is 23.3 Å². The van der Waals surface area contributed by atoms with Gasteiger partial charge in [0.15, 0.2) is 16.6 Å². The second-order valence-electron chi connectivity index (χ2n) is 10.1. The van der Waals surface area contributed by atoms with E-state index < -0.39 is 16.6 Å². The first kappa shape index (κ1) is 37.2. The summed E-state index contributed by atoms with van der Waals surface area (Å²) >= 11 is 1.55. The van der Waals surface area contributed by atoms with Gasteiger partial charge >= 0.3 is 41.3 Å². The Morgan fingerprint density at radius 1 is 0.812 bits per heavy atom. The van der Waals surface area contributed by atoms with Crippen molar-refractivity contribution in [1.29, 1.82) is 0 Å². The molecule has 184 valence electrons. The fourth-order valence-corrected chi connectivity index (χ4v) is 5.67. The van der Waals surface area contributed by atoms with Crippen LogP contribution in [0.4, 0.5) is 0 Å². The van der Waals surface area contributed by atoms with E-state index >= 15 is 0 Å². The van der Waals surface area contributed by atoms with Crippen molar-refractivity contribution in [3.63, 3.8) is 0 Å². The summed E-state index contributed by atoms with van der Waals surface area (Å²) in [6.07, 6.45) is 19.9. The van der Waals surface area contributed by atoms with Gasteiger partial charge in [0, 0.05) is 12.2 Å². The van der Waals surface area contributed by atoms with Crippen molar-refractivity contribution in [3.8, 4) is 0 Å². The molecule has 2 aliphatic rings. The third-order valence-electron chi connectivity index (χ3n) is 3.66. The van der Waals surface area contributed by atoms with E-state index in [2.05, 4.69) is 103 Å². The van der Waals surface area contributed by atoms with Crippen LogP contribution >= 0.6 is 24.8 Å². The summed E-state index contributed by atoms with van der Waals surface area (Å²) in [6.45, 7) is 21.9. The van der Waals surface area contributed by atoms with Gasteiger partial charge in [-0.15, -0.1) is 37.7 Å². The van der Waals surface area contributed by atoms with Crippen LogP contribution in [-0.4, -0.2) is 32.0 Å². The van der Waals surface area contributed by atoms with Gasteiger partial charge in [-0.05, 0) is 66.0 Å². The molecule has 0 fully saturated rings. The predicted molar refractivity (Wildman–Crippen MR) is 149 cm³/mol. The van der Waals surface area contributed by atoms with Gasteiger partial charge in [-0.3, -0.25) is 12.2 Å². The van der Waals surface area contributed by atoms with Crippen LogP contribution in [0.15, 0.2) is 35.5 Å². The summed E-state index contributed by atoms with van der Waals surface area (Å²) in [6, 6.07) is 0. The quantitative estimate of drug-likeness (QED) is 0.208. The third-order valence-corrected chi connectivity index (χ3v) is 5.88. The zero-order valence-corrected chi connectivity index (χ0v) is 28.0. The molecule has 2 atom stereocenters. The molecule has 0 radical (unpaired) electrons. The Hall–Kier alpha value is 0.647. The zero-order chi connectivity index (χ0) is 23.4. The van der Waals surface area contributed by atoms with Crippen molar-refractivity contribution in [2.75, 3.05) is 0 Å². The Labute approximate surface area is 228 Å². The molecular weight excluding hydrogens is 551 g/mol. The van der Waals surface area contributed by atoms with Crippen molar-refractivity contribution < 1.29 is 33.1 Å². The molecule has 0 aromatic rings. The number of allylic oxidation sites excluding steroid dienone is 6. The molecule has 0 spiro atoms. The van der Waals surface area contributed by atoms with Gasteiger partial charge in [0.05, 0.1) is 0 Å². The molecule has 0 N–H and O–H groups in total. The van der Waals surface area contributed by atoms with Crippen LogP contribution in [0.25, 0.3) is 0 Å². The van der Waals surface area contributed by atoms with Crippen molar-refractivity contribution in [2.24, 2.45) is 0 Å². The minimum absolute atomic E-state index is 0. The predicted octanol–water partition coefficient (Wildman–Crippen LogP) is 8.20. The van der Waals surface area contributed by atoms with Crippen LogP contribution in [0.5, 0.6) is 0 Å². The first-order valence-corrected chi connectivity index (χ1v) is 19.1. The van der Waals surface area contributed by atoms with Gasteiger partial charge in [0.1, 0.15) is 0 Å². The van der Waals surface area contributed by atoms with E-state index in [1.165, 1.54) is 14.4 Å². The second kappa shape index (κ2) is 18.9. The molecule has 0 amide bonds. The molecule has 32 heavy (non-hydrogen) atoms. The molecule has 0 saturated heterocycles. The Morgan fingerprint density at radius 3 is 1.28 bits per heavy atom.